The van der Waals surface area contributed by atoms with Gasteiger partial charge >= 0.3 is 0 Å². The first-order chi connectivity index (χ1) is 12.5. The van der Waals surface area contributed by atoms with Crippen molar-refractivity contribution in [2.24, 2.45) is 0 Å². The fourth-order valence-electron chi connectivity index (χ4n) is 2.56. The SMILES string of the molecule is Cc1cccc(-n2c(SCC(=O)NC(C)C)nc3ccccc3c2=O)n1. The van der Waals surface area contributed by atoms with Crippen molar-refractivity contribution in [2.45, 2.75) is 32.0 Å². The molecule has 0 radical (unpaired) electrons. The van der Waals surface area contributed by atoms with E-state index in [1.807, 2.05) is 45.0 Å². The van der Waals surface area contributed by atoms with Crippen molar-refractivity contribution < 1.29 is 4.79 Å². The number of nitrogens with zero attached hydrogens (tertiary/aromatic N) is 3. The zero-order valence-corrected chi connectivity index (χ0v) is 15.7. The van der Waals surface area contributed by atoms with Crippen molar-refractivity contribution in [3.8, 4) is 5.82 Å². The lowest BCUT2D eigenvalue weighted by Gasteiger charge is -2.13. The minimum absolute atomic E-state index is 0.0632. The van der Waals surface area contributed by atoms with E-state index in [2.05, 4.69) is 15.3 Å². The summed E-state index contributed by atoms with van der Waals surface area (Å²) in [5.41, 5.74) is 1.21. The van der Waals surface area contributed by atoms with Gasteiger partial charge in [0, 0.05) is 11.7 Å². The van der Waals surface area contributed by atoms with Gasteiger partial charge in [-0.05, 0) is 45.0 Å². The molecule has 1 aromatic carbocycles. The zero-order valence-electron chi connectivity index (χ0n) is 14.9. The highest BCUT2D eigenvalue weighted by Gasteiger charge is 2.15. The Morgan fingerprint density at radius 2 is 1.92 bits per heavy atom. The highest BCUT2D eigenvalue weighted by Crippen LogP contribution is 2.20. The van der Waals surface area contributed by atoms with Crippen LogP contribution in [0.15, 0.2) is 52.4 Å². The number of nitrogens with one attached hydrogen (secondary N) is 1. The first kappa shape index (κ1) is 18.1. The van der Waals surface area contributed by atoms with Crippen molar-refractivity contribution >= 4 is 28.6 Å². The normalized spacial score (nSPS) is 11.1. The molecule has 1 amide bonds. The summed E-state index contributed by atoms with van der Waals surface area (Å²) in [4.78, 5) is 34.1. The molecule has 0 saturated carbocycles. The summed E-state index contributed by atoms with van der Waals surface area (Å²) in [7, 11) is 0. The Kier molecular flexibility index (Phi) is 5.37. The molecule has 134 valence electrons. The van der Waals surface area contributed by atoms with Crippen LogP contribution in [0, 0.1) is 6.92 Å². The summed E-state index contributed by atoms with van der Waals surface area (Å²) >= 11 is 1.23. The molecular formula is C19H20N4O2S. The lowest BCUT2D eigenvalue weighted by Crippen LogP contribution is -2.32. The number of fused-ring (bicyclic) bond motifs is 1. The van der Waals surface area contributed by atoms with Crippen LogP contribution in [0.4, 0.5) is 0 Å². The quantitative estimate of drug-likeness (QED) is 0.553. The van der Waals surface area contributed by atoms with Crippen LogP contribution in [0.5, 0.6) is 0 Å². The van der Waals surface area contributed by atoms with Crippen LogP contribution < -0.4 is 10.9 Å². The number of pyridine rings is 1. The van der Waals surface area contributed by atoms with E-state index in [0.717, 1.165) is 5.69 Å². The van der Waals surface area contributed by atoms with Crippen molar-refractivity contribution in [3.05, 3.63) is 58.5 Å². The van der Waals surface area contributed by atoms with Gasteiger partial charge in [-0.15, -0.1) is 0 Å². The van der Waals surface area contributed by atoms with Gasteiger partial charge < -0.3 is 5.32 Å². The zero-order chi connectivity index (χ0) is 18.7. The van der Waals surface area contributed by atoms with E-state index in [1.165, 1.54) is 16.3 Å². The maximum absolute atomic E-state index is 13.1. The Morgan fingerprint density at radius 3 is 2.65 bits per heavy atom. The lowest BCUT2D eigenvalue weighted by molar-refractivity contribution is -0.119. The molecule has 0 fully saturated rings. The van der Waals surface area contributed by atoms with Crippen LogP contribution in [-0.4, -0.2) is 32.2 Å². The lowest BCUT2D eigenvalue weighted by atomic mass is 10.2. The summed E-state index contributed by atoms with van der Waals surface area (Å²) < 4.78 is 1.47. The van der Waals surface area contributed by atoms with Gasteiger partial charge in [-0.25, -0.2) is 14.5 Å². The van der Waals surface area contributed by atoms with E-state index in [1.54, 1.807) is 18.2 Å². The van der Waals surface area contributed by atoms with Gasteiger partial charge in [0.15, 0.2) is 5.16 Å². The second kappa shape index (κ2) is 7.70. The number of aromatic nitrogens is 3. The van der Waals surface area contributed by atoms with Gasteiger partial charge in [0.2, 0.25) is 5.91 Å². The Hall–Kier alpha value is -2.67. The molecule has 0 aliphatic heterocycles. The van der Waals surface area contributed by atoms with E-state index < -0.39 is 0 Å². The average molecular weight is 368 g/mol. The van der Waals surface area contributed by atoms with Gasteiger partial charge in [0.05, 0.1) is 16.7 Å². The number of rotatable bonds is 5. The molecule has 0 atom stereocenters. The van der Waals surface area contributed by atoms with Gasteiger partial charge in [0.1, 0.15) is 5.82 Å². The molecule has 0 aliphatic carbocycles. The second-order valence-electron chi connectivity index (χ2n) is 6.20. The smallest absolute Gasteiger partial charge is 0.267 e. The van der Waals surface area contributed by atoms with E-state index in [9.17, 15) is 9.59 Å². The molecule has 1 N–H and O–H groups in total. The molecule has 3 rings (SSSR count). The number of thioether (sulfide) groups is 1. The Bertz CT molecular complexity index is 1010. The standard InChI is InChI=1S/C19H20N4O2S/c1-12(2)20-17(24)11-26-19-22-15-9-5-4-8-14(15)18(25)23(19)16-10-6-7-13(3)21-16/h4-10,12H,11H2,1-3H3,(H,20,24). The molecule has 0 unspecified atom stereocenters. The van der Waals surface area contributed by atoms with Crippen molar-refractivity contribution in [3.63, 3.8) is 0 Å². The minimum Gasteiger partial charge on any atom is -0.353 e. The molecule has 0 aliphatic rings. The average Bonchev–Trinajstić information content (AvgIpc) is 2.59. The Balaban J connectivity index is 2.09. The monoisotopic (exact) mass is 368 g/mol. The minimum atomic E-state index is -0.194. The molecule has 7 heteroatoms. The topological polar surface area (TPSA) is 76.9 Å². The molecule has 2 heterocycles. The summed E-state index contributed by atoms with van der Waals surface area (Å²) in [5, 5.41) is 3.81. The number of hydrogen-bond acceptors (Lipinski definition) is 5. The number of hydrogen-bond donors (Lipinski definition) is 1. The molecular weight excluding hydrogens is 348 g/mol. The van der Waals surface area contributed by atoms with Crippen molar-refractivity contribution in [1.82, 2.24) is 19.9 Å². The predicted molar refractivity (Wildman–Crippen MR) is 104 cm³/mol. The number of amides is 1. The van der Waals surface area contributed by atoms with Crippen LogP contribution in [0.3, 0.4) is 0 Å². The third-order valence-electron chi connectivity index (χ3n) is 3.63. The van der Waals surface area contributed by atoms with Gasteiger partial charge in [-0.2, -0.15) is 0 Å². The molecule has 26 heavy (non-hydrogen) atoms. The maximum atomic E-state index is 13.1. The highest BCUT2D eigenvalue weighted by molar-refractivity contribution is 7.99. The fourth-order valence-corrected chi connectivity index (χ4v) is 3.37. The third kappa shape index (κ3) is 3.94. The molecule has 0 spiro atoms. The van der Waals surface area contributed by atoms with E-state index in [0.29, 0.717) is 21.9 Å². The highest BCUT2D eigenvalue weighted by atomic mass is 32.2. The fraction of sp³-hybridized carbons (Fsp3) is 0.263. The van der Waals surface area contributed by atoms with E-state index in [4.69, 9.17) is 0 Å². The molecule has 0 bridgehead atoms. The van der Waals surface area contributed by atoms with Gasteiger partial charge in [-0.3, -0.25) is 9.59 Å². The predicted octanol–water partition coefficient (Wildman–Crippen LogP) is 2.71. The second-order valence-corrected chi connectivity index (χ2v) is 7.14. The summed E-state index contributed by atoms with van der Waals surface area (Å²) in [6.07, 6.45) is 0. The van der Waals surface area contributed by atoms with Crippen LogP contribution in [-0.2, 0) is 4.79 Å². The first-order valence-electron chi connectivity index (χ1n) is 8.33. The number of carbonyl (C=O) groups excluding carboxylic acids is 1. The summed E-state index contributed by atoms with van der Waals surface area (Å²) in [6.45, 7) is 5.68. The number of benzene rings is 1. The largest absolute Gasteiger partial charge is 0.353 e. The van der Waals surface area contributed by atoms with Crippen LogP contribution in [0.25, 0.3) is 16.7 Å². The van der Waals surface area contributed by atoms with Crippen LogP contribution in [0.2, 0.25) is 0 Å². The molecule has 2 aromatic heterocycles. The number of para-hydroxylation sites is 1. The third-order valence-corrected chi connectivity index (χ3v) is 4.57. The Labute approximate surface area is 155 Å². The van der Waals surface area contributed by atoms with Crippen molar-refractivity contribution in [2.75, 3.05) is 5.75 Å². The van der Waals surface area contributed by atoms with E-state index in [-0.39, 0.29) is 23.3 Å². The van der Waals surface area contributed by atoms with Gasteiger partial charge in [-0.1, -0.05) is 30.0 Å². The van der Waals surface area contributed by atoms with Crippen LogP contribution in [0.1, 0.15) is 19.5 Å². The molecule has 3 aromatic rings. The van der Waals surface area contributed by atoms with Gasteiger partial charge in [0.25, 0.3) is 5.56 Å². The van der Waals surface area contributed by atoms with E-state index >= 15 is 0 Å². The summed E-state index contributed by atoms with van der Waals surface area (Å²) in [5.74, 6) is 0.575. The molecule has 0 saturated heterocycles. The Morgan fingerprint density at radius 1 is 1.15 bits per heavy atom. The number of carbonyl (C=O) groups is 1. The van der Waals surface area contributed by atoms with Crippen molar-refractivity contribution in [1.29, 1.82) is 0 Å². The summed E-state index contributed by atoms with van der Waals surface area (Å²) in [6, 6.07) is 12.7. The first-order valence-corrected chi connectivity index (χ1v) is 9.32. The molecule has 6 nitrogen and oxygen atoms in total. The maximum Gasteiger partial charge on any atom is 0.267 e. The number of aryl methyl sites for hydroxylation is 1. The van der Waals surface area contributed by atoms with Crippen LogP contribution >= 0.6 is 11.8 Å².